The fraction of sp³-hybridized carbons (Fsp3) is 0.647. The van der Waals surface area contributed by atoms with E-state index in [-0.39, 0.29) is 0 Å². The van der Waals surface area contributed by atoms with Crippen molar-refractivity contribution < 1.29 is 4.74 Å². The van der Waals surface area contributed by atoms with E-state index in [9.17, 15) is 0 Å². The fourth-order valence-electron chi connectivity index (χ4n) is 3.45. The van der Waals surface area contributed by atoms with Gasteiger partial charge in [0, 0.05) is 11.4 Å². The van der Waals surface area contributed by atoms with Gasteiger partial charge in [-0.25, -0.2) is 0 Å². The number of aryl methyl sites for hydroxylation is 2. The van der Waals surface area contributed by atoms with Gasteiger partial charge in [-0.2, -0.15) is 0 Å². The summed E-state index contributed by atoms with van der Waals surface area (Å²) in [6.45, 7) is 2.95. The molecule has 2 aliphatic rings. The van der Waals surface area contributed by atoms with E-state index in [2.05, 4.69) is 41.1 Å². The number of hydrogen-bond donors (Lipinski definition) is 0. The highest BCUT2D eigenvalue weighted by Gasteiger charge is 2.31. The molecule has 0 amide bonds. The van der Waals surface area contributed by atoms with Crippen LogP contribution in [0.3, 0.4) is 0 Å². The van der Waals surface area contributed by atoms with Crippen molar-refractivity contribution in [3.63, 3.8) is 0 Å². The van der Waals surface area contributed by atoms with Crippen LogP contribution in [0.25, 0.3) is 0 Å². The molecule has 1 unspecified atom stereocenters. The normalized spacial score (nSPS) is 26.8. The molecule has 2 aliphatic carbocycles. The van der Waals surface area contributed by atoms with E-state index >= 15 is 0 Å². The molecule has 2 heteroatoms. The van der Waals surface area contributed by atoms with Crippen molar-refractivity contribution in [1.29, 1.82) is 0 Å². The van der Waals surface area contributed by atoms with E-state index in [1.165, 1.54) is 44.1 Å². The quantitative estimate of drug-likeness (QED) is 0.706. The van der Waals surface area contributed by atoms with Gasteiger partial charge in [-0.15, -0.1) is 0 Å². The maximum absolute atomic E-state index is 5.64. The molecular formula is C17H23BrO. The first-order valence-corrected chi connectivity index (χ1v) is 8.55. The lowest BCUT2D eigenvalue weighted by atomic mass is 9.78. The van der Waals surface area contributed by atoms with Crippen LogP contribution in [0.5, 0.6) is 0 Å². The SMILES string of the molecule is CCOC1CC(CC(Br)c2ccc3c(c2)CCC3)C1. The van der Waals surface area contributed by atoms with Gasteiger partial charge in [0.15, 0.2) is 0 Å². The summed E-state index contributed by atoms with van der Waals surface area (Å²) >= 11 is 3.89. The number of hydrogen-bond acceptors (Lipinski definition) is 1. The second-order valence-corrected chi connectivity index (χ2v) is 7.11. The maximum atomic E-state index is 5.64. The van der Waals surface area contributed by atoms with Gasteiger partial charge >= 0.3 is 0 Å². The Kier molecular flexibility index (Phi) is 4.28. The van der Waals surface area contributed by atoms with Crippen molar-refractivity contribution in [1.82, 2.24) is 0 Å². The van der Waals surface area contributed by atoms with Gasteiger partial charge in [-0.3, -0.25) is 0 Å². The molecule has 1 atom stereocenters. The zero-order valence-corrected chi connectivity index (χ0v) is 13.3. The highest BCUT2D eigenvalue weighted by atomic mass is 79.9. The first-order chi connectivity index (χ1) is 9.26. The van der Waals surface area contributed by atoms with Crippen molar-refractivity contribution in [2.24, 2.45) is 5.92 Å². The average Bonchev–Trinajstić information content (AvgIpc) is 2.83. The summed E-state index contributed by atoms with van der Waals surface area (Å²) < 4.78 is 5.64. The van der Waals surface area contributed by atoms with Gasteiger partial charge in [-0.05, 0) is 68.1 Å². The number of alkyl halides is 1. The van der Waals surface area contributed by atoms with Gasteiger partial charge in [0.2, 0.25) is 0 Å². The minimum atomic E-state index is 0.519. The summed E-state index contributed by atoms with van der Waals surface area (Å²) in [5.41, 5.74) is 4.63. The summed E-state index contributed by atoms with van der Waals surface area (Å²) in [5, 5.41) is 0. The highest BCUT2D eigenvalue weighted by Crippen LogP contribution is 2.41. The molecule has 1 nitrogen and oxygen atoms in total. The van der Waals surface area contributed by atoms with Crippen LogP contribution in [0.4, 0.5) is 0 Å². The molecule has 0 aliphatic heterocycles. The number of halogens is 1. The van der Waals surface area contributed by atoms with Crippen LogP contribution in [0, 0.1) is 5.92 Å². The molecule has 1 saturated carbocycles. The lowest BCUT2D eigenvalue weighted by Crippen LogP contribution is -2.31. The van der Waals surface area contributed by atoms with Gasteiger partial charge < -0.3 is 4.74 Å². The Hall–Kier alpha value is -0.340. The molecule has 1 fully saturated rings. The smallest absolute Gasteiger partial charge is 0.0580 e. The number of fused-ring (bicyclic) bond motifs is 1. The molecule has 0 radical (unpaired) electrons. The van der Waals surface area contributed by atoms with E-state index in [1.54, 1.807) is 11.1 Å². The average molecular weight is 323 g/mol. The largest absolute Gasteiger partial charge is 0.378 e. The zero-order chi connectivity index (χ0) is 13.2. The second kappa shape index (κ2) is 5.97. The Morgan fingerprint density at radius 2 is 2.05 bits per heavy atom. The molecule has 0 heterocycles. The summed E-state index contributed by atoms with van der Waals surface area (Å²) in [6, 6.07) is 7.10. The van der Waals surface area contributed by atoms with Crippen molar-refractivity contribution in [2.45, 2.75) is 56.4 Å². The highest BCUT2D eigenvalue weighted by molar-refractivity contribution is 9.09. The number of ether oxygens (including phenoxy) is 1. The molecule has 3 rings (SSSR count). The summed E-state index contributed by atoms with van der Waals surface area (Å²) in [4.78, 5) is 0.519. The minimum absolute atomic E-state index is 0.519. The van der Waals surface area contributed by atoms with Crippen LogP contribution >= 0.6 is 15.9 Å². The third kappa shape index (κ3) is 3.05. The van der Waals surface area contributed by atoms with Gasteiger partial charge in [0.25, 0.3) is 0 Å². The summed E-state index contributed by atoms with van der Waals surface area (Å²) in [5.74, 6) is 0.842. The Morgan fingerprint density at radius 1 is 1.26 bits per heavy atom. The minimum Gasteiger partial charge on any atom is -0.378 e. The lowest BCUT2D eigenvalue weighted by Gasteiger charge is -2.36. The molecule has 1 aromatic carbocycles. The van der Waals surface area contributed by atoms with Crippen molar-refractivity contribution in [3.05, 3.63) is 34.9 Å². The van der Waals surface area contributed by atoms with Crippen LogP contribution in [0.15, 0.2) is 18.2 Å². The molecule has 1 aromatic rings. The van der Waals surface area contributed by atoms with Crippen molar-refractivity contribution in [2.75, 3.05) is 6.61 Å². The Bertz CT molecular complexity index is 437. The van der Waals surface area contributed by atoms with E-state index in [0.29, 0.717) is 10.9 Å². The third-order valence-electron chi connectivity index (χ3n) is 4.62. The molecule has 0 bridgehead atoms. The topological polar surface area (TPSA) is 9.23 Å². The summed E-state index contributed by atoms with van der Waals surface area (Å²) in [6.07, 6.45) is 8.18. The first kappa shape index (κ1) is 13.6. The summed E-state index contributed by atoms with van der Waals surface area (Å²) in [7, 11) is 0. The molecular weight excluding hydrogens is 300 g/mol. The van der Waals surface area contributed by atoms with Gasteiger partial charge in [0.05, 0.1) is 6.10 Å². The third-order valence-corrected chi connectivity index (χ3v) is 5.52. The van der Waals surface area contributed by atoms with Crippen LogP contribution < -0.4 is 0 Å². The van der Waals surface area contributed by atoms with Crippen LogP contribution in [0.2, 0.25) is 0 Å². The van der Waals surface area contributed by atoms with E-state index in [0.717, 1.165) is 12.5 Å². The fourth-order valence-corrected chi connectivity index (χ4v) is 4.27. The standard InChI is InChI=1S/C17H23BrO/c1-2-19-16-8-12(9-16)10-17(18)15-7-6-13-4-3-5-14(13)11-15/h6-7,11-12,16-17H,2-5,8-10H2,1H3. The van der Waals surface area contributed by atoms with Crippen LogP contribution in [-0.2, 0) is 17.6 Å². The Balaban J connectivity index is 1.55. The van der Waals surface area contributed by atoms with Gasteiger partial charge in [0.1, 0.15) is 0 Å². The first-order valence-electron chi connectivity index (χ1n) is 7.63. The molecule has 19 heavy (non-hydrogen) atoms. The van der Waals surface area contributed by atoms with Crippen molar-refractivity contribution in [3.8, 4) is 0 Å². The molecule has 0 N–H and O–H groups in total. The van der Waals surface area contributed by atoms with E-state index < -0.39 is 0 Å². The molecule has 104 valence electrons. The van der Waals surface area contributed by atoms with E-state index in [1.807, 2.05) is 0 Å². The van der Waals surface area contributed by atoms with E-state index in [4.69, 9.17) is 4.74 Å². The maximum Gasteiger partial charge on any atom is 0.0580 e. The molecule has 0 spiro atoms. The Morgan fingerprint density at radius 3 is 2.84 bits per heavy atom. The second-order valence-electron chi connectivity index (χ2n) is 6.00. The van der Waals surface area contributed by atoms with Crippen LogP contribution in [-0.4, -0.2) is 12.7 Å². The Labute approximate surface area is 124 Å². The van der Waals surface area contributed by atoms with Crippen molar-refractivity contribution >= 4 is 15.9 Å². The monoisotopic (exact) mass is 322 g/mol. The van der Waals surface area contributed by atoms with Gasteiger partial charge in [-0.1, -0.05) is 34.1 Å². The predicted molar refractivity (Wildman–Crippen MR) is 82.9 cm³/mol. The lowest BCUT2D eigenvalue weighted by molar-refractivity contribution is -0.0264. The molecule has 0 aromatic heterocycles. The zero-order valence-electron chi connectivity index (χ0n) is 11.7. The molecule has 0 saturated heterocycles. The number of rotatable bonds is 5. The van der Waals surface area contributed by atoms with Crippen LogP contribution in [0.1, 0.15) is 54.1 Å². The predicted octanol–water partition coefficient (Wildman–Crippen LogP) is 4.82. The number of benzene rings is 1.